The molecule has 1 unspecified atom stereocenters. The molecule has 1 aromatic carbocycles. The zero-order chi connectivity index (χ0) is 14.5. The molecule has 0 fully saturated rings. The summed E-state index contributed by atoms with van der Waals surface area (Å²) >= 11 is 0. The number of aromatic nitrogens is 2. The van der Waals surface area contributed by atoms with Crippen LogP contribution in [-0.2, 0) is 6.42 Å². The van der Waals surface area contributed by atoms with E-state index in [0.717, 1.165) is 12.1 Å². The fourth-order valence-electron chi connectivity index (χ4n) is 2.33. The van der Waals surface area contributed by atoms with Crippen LogP contribution in [0, 0.1) is 13.8 Å². The standard InChI is InChI=1S/C16H21N3O/c1-11-6-5-7-14(12(11)2)15(17-3)8-13-9-16(20-4)19-10-18-13/h5-7,9-10,15,17H,8H2,1-4H3. The third kappa shape index (κ3) is 3.14. The highest BCUT2D eigenvalue weighted by Gasteiger charge is 2.14. The minimum Gasteiger partial charge on any atom is -0.481 e. The third-order valence-corrected chi connectivity index (χ3v) is 3.69. The highest BCUT2D eigenvalue weighted by Crippen LogP contribution is 2.23. The Morgan fingerprint density at radius 1 is 1.25 bits per heavy atom. The van der Waals surface area contributed by atoms with Gasteiger partial charge in [0.05, 0.1) is 7.11 Å². The normalized spacial score (nSPS) is 12.2. The van der Waals surface area contributed by atoms with Crippen molar-refractivity contribution < 1.29 is 4.74 Å². The fraction of sp³-hybridized carbons (Fsp3) is 0.375. The number of likely N-dealkylation sites (N-methyl/N-ethyl adjacent to an activating group) is 1. The van der Waals surface area contributed by atoms with E-state index in [0.29, 0.717) is 5.88 Å². The second-order valence-electron chi connectivity index (χ2n) is 4.89. The monoisotopic (exact) mass is 271 g/mol. The molecule has 0 aliphatic heterocycles. The lowest BCUT2D eigenvalue weighted by Gasteiger charge is -2.19. The molecule has 2 rings (SSSR count). The summed E-state index contributed by atoms with van der Waals surface area (Å²) in [6, 6.07) is 8.52. The number of ether oxygens (including phenoxy) is 1. The fourth-order valence-corrected chi connectivity index (χ4v) is 2.33. The van der Waals surface area contributed by atoms with Crippen LogP contribution in [0.1, 0.15) is 28.4 Å². The second kappa shape index (κ2) is 6.48. The molecule has 4 nitrogen and oxygen atoms in total. The predicted octanol–water partition coefficient (Wildman–Crippen LogP) is 2.61. The molecular weight excluding hydrogens is 250 g/mol. The lowest BCUT2D eigenvalue weighted by atomic mass is 9.94. The van der Waals surface area contributed by atoms with Gasteiger partial charge < -0.3 is 10.1 Å². The Bertz CT molecular complexity index is 584. The Morgan fingerprint density at radius 3 is 2.75 bits per heavy atom. The van der Waals surface area contributed by atoms with Crippen molar-refractivity contribution >= 4 is 0 Å². The molecule has 4 heteroatoms. The van der Waals surface area contributed by atoms with Crippen molar-refractivity contribution in [3.8, 4) is 5.88 Å². The number of hydrogen-bond donors (Lipinski definition) is 1. The number of nitrogens with one attached hydrogen (secondary N) is 1. The van der Waals surface area contributed by atoms with Gasteiger partial charge in [0, 0.05) is 24.2 Å². The van der Waals surface area contributed by atoms with Gasteiger partial charge in [-0.3, -0.25) is 0 Å². The first-order valence-corrected chi connectivity index (χ1v) is 6.74. The van der Waals surface area contributed by atoms with Crippen LogP contribution < -0.4 is 10.1 Å². The largest absolute Gasteiger partial charge is 0.481 e. The molecular formula is C16H21N3O. The summed E-state index contributed by atoms with van der Waals surface area (Å²) in [5, 5.41) is 3.37. The number of aryl methyl sites for hydroxylation is 1. The van der Waals surface area contributed by atoms with Crippen LogP contribution in [0.2, 0.25) is 0 Å². The SMILES string of the molecule is CNC(Cc1cc(OC)ncn1)c1cccc(C)c1C. The average Bonchev–Trinajstić information content (AvgIpc) is 2.48. The number of methoxy groups -OCH3 is 1. The van der Waals surface area contributed by atoms with E-state index in [-0.39, 0.29) is 6.04 Å². The van der Waals surface area contributed by atoms with E-state index in [1.54, 1.807) is 13.4 Å². The number of nitrogens with zero attached hydrogens (tertiary/aromatic N) is 2. The first-order chi connectivity index (χ1) is 9.65. The highest BCUT2D eigenvalue weighted by atomic mass is 16.5. The van der Waals surface area contributed by atoms with E-state index in [4.69, 9.17) is 4.74 Å². The molecule has 0 saturated carbocycles. The van der Waals surface area contributed by atoms with Gasteiger partial charge in [-0.25, -0.2) is 9.97 Å². The molecule has 2 aromatic rings. The molecule has 0 bridgehead atoms. The maximum Gasteiger partial charge on any atom is 0.216 e. The van der Waals surface area contributed by atoms with Gasteiger partial charge in [0.2, 0.25) is 5.88 Å². The van der Waals surface area contributed by atoms with Crippen LogP contribution in [0.15, 0.2) is 30.6 Å². The summed E-state index contributed by atoms with van der Waals surface area (Å²) in [6.45, 7) is 4.30. The Hall–Kier alpha value is -1.94. The molecule has 0 spiro atoms. The van der Waals surface area contributed by atoms with E-state index in [2.05, 4.69) is 47.3 Å². The van der Waals surface area contributed by atoms with Crippen molar-refractivity contribution in [2.75, 3.05) is 14.2 Å². The topological polar surface area (TPSA) is 47.0 Å². The predicted molar refractivity (Wildman–Crippen MR) is 80.0 cm³/mol. The van der Waals surface area contributed by atoms with Crippen LogP contribution in [0.4, 0.5) is 0 Å². The minimum absolute atomic E-state index is 0.231. The lowest BCUT2D eigenvalue weighted by Crippen LogP contribution is -2.20. The molecule has 1 heterocycles. The van der Waals surface area contributed by atoms with E-state index in [9.17, 15) is 0 Å². The van der Waals surface area contributed by atoms with Gasteiger partial charge in [-0.05, 0) is 37.6 Å². The van der Waals surface area contributed by atoms with E-state index >= 15 is 0 Å². The molecule has 0 amide bonds. The molecule has 0 aliphatic carbocycles. The molecule has 106 valence electrons. The van der Waals surface area contributed by atoms with E-state index in [1.165, 1.54) is 16.7 Å². The maximum absolute atomic E-state index is 5.15. The quantitative estimate of drug-likeness (QED) is 0.908. The Kier molecular flexibility index (Phi) is 4.69. The number of rotatable bonds is 5. The minimum atomic E-state index is 0.231. The van der Waals surface area contributed by atoms with Gasteiger partial charge in [0.25, 0.3) is 0 Å². The van der Waals surface area contributed by atoms with Crippen molar-refractivity contribution in [2.45, 2.75) is 26.3 Å². The molecule has 20 heavy (non-hydrogen) atoms. The summed E-state index contributed by atoms with van der Waals surface area (Å²) in [5.41, 5.74) is 4.91. The van der Waals surface area contributed by atoms with Gasteiger partial charge in [-0.1, -0.05) is 18.2 Å². The van der Waals surface area contributed by atoms with Crippen molar-refractivity contribution in [2.24, 2.45) is 0 Å². The molecule has 1 atom stereocenters. The molecule has 0 saturated heterocycles. The summed E-state index contributed by atoms with van der Waals surface area (Å²) in [7, 11) is 3.59. The van der Waals surface area contributed by atoms with Crippen LogP contribution in [0.25, 0.3) is 0 Å². The second-order valence-corrected chi connectivity index (χ2v) is 4.89. The van der Waals surface area contributed by atoms with Crippen molar-refractivity contribution in [1.82, 2.24) is 15.3 Å². The Balaban J connectivity index is 2.26. The van der Waals surface area contributed by atoms with Crippen LogP contribution in [0.5, 0.6) is 5.88 Å². The summed E-state index contributed by atoms with van der Waals surface area (Å²) in [4.78, 5) is 8.36. The van der Waals surface area contributed by atoms with Crippen molar-refractivity contribution in [3.05, 3.63) is 53.0 Å². The summed E-state index contributed by atoms with van der Waals surface area (Å²) < 4.78 is 5.15. The first kappa shape index (κ1) is 14.5. The van der Waals surface area contributed by atoms with Gasteiger partial charge in [-0.15, -0.1) is 0 Å². The van der Waals surface area contributed by atoms with Crippen LogP contribution in [0.3, 0.4) is 0 Å². The number of hydrogen-bond acceptors (Lipinski definition) is 4. The van der Waals surface area contributed by atoms with Crippen LogP contribution in [-0.4, -0.2) is 24.1 Å². The first-order valence-electron chi connectivity index (χ1n) is 6.74. The lowest BCUT2D eigenvalue weighted by molar-refractivity contribution is 0.395. The van der Waals surface area contributed by atoms with Crippen LogP contribution >= 0.6 is 0 Å². The molecule has 0 aliphatic rings. The molecule has 1 aromatic heterocycles. The van der Waals surface area contributed by atoms with Gasteiger partial charge in [0.1, 0.15) is 6.33 Å². The maximum atomic E-state index is 5.15. The Labute approximate surface area is 120 Å². The van der Waals surface area contributed by atoms with Gasteiger partial charge in [0.15, 0.2) is 0 Å². The summed E-state index contributed by atoms with van der Waals surface area (Å²) in [6.07, 6.45) is 2.35. The highest BCUT2D eigenvalue weighted by molar-refractivity contribution is 5.36. The average molecular weight is 271 g/mol. The molecule has 0 radical (unpaired) electrons. The smallest absolute Gasteiger partial charge is 0.216 e. The van der Waals surface area contributed by atoms with E-state index in [1.807, 2.05) is 13.1 Å². The zero-order valence-corrected chi connectivity index (χ0v) is 12.5. The summed E-state index contributed by atoms with van der Waals surface area (Å²) in [5.74, 6) is 0.603. The number of benzene rings is 1. The van der Waals surface area contributed by atoms with Crippen molar-refractivity contribution in [3.63, 3.8) is 0 Å². The van der Waals surface area contributed by atoms with Crippen molar-refractivity contribution in [1.29, 1.82) is 0 Å². The molecule has 1 N–H and O–H groups in total. The van der Waals surface area contributed by atoms with Gasteiger partial charge in [-0.2, -0.15) is 0 Å². The third-order valence-electron chi connectivity index (χ3n) is 3.69. The Morgan fingerprint density at radius 2 is 2.05 bits per heavy atom. The van der Waals surface area contributed by atoms with E-state index < -0.39 is 0 Å². The zero-order valence-electron chi connectivity index (χ0n) is 12.5. The van der Waals surface area contributed by atoms with Gasteiger partial charge >= 0.3 is 0 Å².